The summed E-state index contributed by atoms with van der Waals surface area (Å²) in [7, 11) is 0. The molecule has 0 bridgehead atoms. The summed E-state index contributed by atoms with van der Waals surface area (Å²) in [6.07, 6.45) is 1.75. The van der Waals surface area contributed by atoms with Gasteiger partial charge in [0.15, 0.2) is 0 Å². The van der Waals surface area contributed by atoms with E-state index in [1.54, 1.807) is 18.4 Å². The quantitative estimate of drug-likeness (QED) is 0.173. The smallest absolute Gasteiger partial charge is 0.254 e. The molecule has 7 heteroatoms. The van der Waals surface area contributed by atoms with Gasteiger partial charge in [0.1, 0.15) is 17.2 Å². The zero-order chi connectivity index (χ0) is 35.5. The highest BCUT2D eigenvalue weighted by Crippen LogP contribution is 2.47. The second kappa shape index (κ2) is 11.0. The molecular weight excluding hydrogens is 659 g/mol. The number of hydrogen-bond donors (Lipinski definition) is 0. The summed E-state index contributed by atoms with van der Waals surface area (Å²) >= 11 is 0. The number of aromatic nitrogens is 1. The van der Waals surface area contributed by atoms with Gasteiger partial charge in [-0.1, -0.05) is 48.5 Å². The number of aryl methyl sites for hydroxylation is 2. The molecule has 0 saturated carbocycles. The van der Waals surface area contributed by atoms with E-state index >= 15 is 4.39 Å². The maximum Gasteiger partial charge on any atom is 0.254 e. The molecule has 0 atom stereocenters. The average molecular weight is 690 g/mol. The summed E-state index contributed by atoms with van der Waals surface area (Å²) in [6, 6.07) is 46.1. The van der Waals surface area contributed by atoms with Gasteiger partial charge in [-0.2, -0.15) is 0 Å². The monoisotopic (exact) mass is 689 g/mol. The third-order valence-electron chi connectivity index (χ3n) is 11.2. The van der Waals surface area contributed by atoms with E-state index < -0.39 is 0 Å². The highest BCUT2D eigenvalue weighted by molar-refractivity contribution is 7.03. The Morgan fingerprint density at radius 2 is 1.25 bits per heavy atom. The topological polar surface area (TPSA) is 24.6 Å². The van der Waals surface area contributed by atoms with Crippen molar-refractivity contribution in [1.82, 2.24) is 4.57 Å². The van der Waals surface area contributed by atoms with Gasteiger partial charge in [0.25, 0.3) is 6.71 Å². The van der Waals surface area contributed by atoms with Crippen LogP contribution in [0, 0.1) is 25.5 Å². The lowest BCUT2D eigenvalue weighted by Crippen LogP contribution is -2.61. The first kappa shape index (κ1) is 30.1. The number of fused-ring (bicyclic) bond motifs is 10. The Hall–Kier alpha value is -6.60. The summed E-state index contributed by atoms with van der Waals surface area (Å²) in [4.78, 5) is 4.35. The van der Waals surface area contributed by atoms with E-state index in [2.05, 4.69) is 99.3 Å². The molecule has 252 valence electrons. The van der Waals surface area contributed by atoms with Gasteiger partial charge < -0.3 is 18.8 Å². The summed E-state index contributed by atoms with van der Waals surface area (Å²) < 4.78 is 39.4. The Balaban J connectivity index is 1.35. The molecule has 4 nitrogen and oxygen atoms in total. The minimum Gasteiger partial charge on any atom is -0.464 e. The van der Waals surface area contributed by atoms with Gasteiger partial charge in [-0.25, -0.2) is 8.78 Å². The Kier molecular flexibility index (Phi) is 6.22. The number of anilines is 6. The fourth-order valence-electron chi connectivity index (χ4n) is 9.07. The normalized spacial score (nSPS) is 13.2. The zero-order valence-corrected chi connectivity index (χ0v) is 28.9. The summed E-state index contributed by atoms with van der Waals surface area (Å²) in [6.45, 7) is 3.69. The van der Waals surface area contributed by atoms with Crippen molar-refractivity contribution in [2.45, 2.75) is 13.8 Å². The maximum atomic E-state index is 16.4. The molecule has 0 saturated heterocycles. The molecule has 2 aliphatic rings. The van der Waals surface area contributed by atoms with Crippen LogP contribution in [0.1, 0.15) is 11.1 Å². The van der Waals surface area contributed by atoms with Gasteiger partial charge in [-0.05, 0) is 132 Å². The fourth-order valence-corrected chi connectivity index (χ4v) is 9.07. The third-order valence-corrected chi connectivity index (χ3v) is 11.2. The summed E-state index contributed by atoms with van der Waals surface area (Å²) in [5, 5.41) is 3.23. The van der Waals surface area contributed by atoms with E-state index in [-0.39, 0.29) is 18.3 Å². The first-order valence-corrected chi connectivity index (χ1v) is 17.8. The van der Waals surface area contributed by atoms with Crippen molar-refractivity contribution in [2.75, 3.05) is 9.80 Å². The number of nitrogens with zero attached hydrogens (tertiary/aromatic N) is 3. The van der Waals surface area contributed by atoms with Crippen molar-refractivity contribution in [2.24, 2.45) is 0 Å². The molecule has 53 heavy (non-hydrogen) atoms. The van der Waals surface area contributed by atoms with Crippen LogP contribution in [0.2, 0.25) is 0 Å². The van der Waals surface area contributed by atoms with Crippen molar-refractivity contribution in [3.63, 3.8) is 0 Å². The lowest BCUT2D eigenvalue weighted by Gasteiger charge is -2.44. The van der Waals surface area contributed by atoms with E-state index in [4.69, 9.17) is 4.42 Å². The van der Waals surface area contributed by atoms with Crippen molar-refractivity contribution < 1.29 is 13.2 Å². The first-order valence-electron chi connectivity index (χ1n) is 17.8. The number of benzene rings is 7. The second-order valence-electron chi connectivity index (χ2n) is 14.1. The molecule has 2 aliphatic heterocycles. The van der Waals surface area contributed by atoms with Gasteiger partial charge in [0.2, 0.25) is 0 Å². The van der Waals surface area contributed by atoms with Crippen LogP contribution in [-0.4, -0.2) is 11.3 Å². The molecule has 0 radical (unpaired) electrons. The van der Waals surface area contributed by atoms with E-state index in [1.807, 2.05) is 50.2 Å². The first-order chi connectivity index (χ1) is 26.0. The predicted molar refractivity (Wildman–Crippen MR) is 214 cm³/mol. The van der Waals surface area contributed by atoms with Crippen LogP contribution >= 0.6 is 0 Å². The van der Waals surface area contributed by atoms with E-state index in [0.29, 0.717) is 5.69 Å². The summed E-state index contributed by atoms with van der Waals surface area (Å²) in [5.41, 5.74) is 14.2. The zero-order valence-electron chi connectivity index (χ0n) is 28.9. The lowest BCUT2D eigenvalue weighted by atomic mass is 9.32. The van der Waals surface area contributed by atoms with Gasteiger partial charge >= 0.3 is 0 Å². The molecule has 0 spiro atoms. The molecule has 9 aromatic rings. The van der Waals surface area contributed by atoms with Crippen LogP contribution in [0.4, 0.5) is 42.9 Å². The second-order valence-corrected chi connectivity index (χ2v) is 14.1. The molecule has 7 aromatic carbocycles. The van der Waals surface area contributed by atoms with Crippen molar-refractivity contribution in [3.8, 4) is 5.69 Å². The molecule has 0 aliphatic carbocycles. The lowest BCUT2D eigenvalue weighted by molar-refractivity contribution is 0.616. The SMILES string of the molecule is Cc1ccc(F)c(N2c3cccc4c3B(c3c(ccc5occc35)N4c3ccc(F)cc3C)c3c2ccc2c3c3ccccc3n2-c2ccccc2)c1. The molecule has 0 amide bonds. The van der Waals surface area contributed by atoms with E-state index in [0.717, 1.165) is 94.4 Å². The molecule has 0 fully saturated rings. The van der Waals surface area contributed by atoms with Gasteiger partial charge in [0.05, 0.1) is 23.0 Å². The molecule has 0 unspecified atom stereocenters. The fraction of sp³-hybridized carbons (Fsp3) is 0.0435. The third kappa shape index (κ3) is 4.10. The van der Waals surface area contributed by atoms with Crippen molar-refractivity contribution in [1.29, 1.82) is 0 Å². The Bertz CT molecular complexity index is 2990. The van der Waals surface area contributed by atoms with E-state index in [1.165, 1.54) is 6.07 Å². The van der Waals surface area contributed by atoms with Crippen LogP contribution in [-0.2, 0) is 0 Å². The van der Waals surface area contributed by atoms with Crippen LogP contribution in [0.25, 0.3) is 38.5 Å². The Morgan fingerprint density at radius 1 is 0.528 bits per heavy atom. The molecule has 2 aromatic heterocycles. The highest BCUT2D eigenvalue weighted by Gasteiger charge is 2.46. The molecule has 4 heterocycles. The van der Waals surface area contributed by atoms with Crippen LogP contribution in [0.3, 0.4) is 0 Å². The summed E-state index contributed by atoms with van der Waals surface area (Å²) in [5.74, 6) is -0.585. The number of halogens is 2. The predicted octanol–water partition coefficient (Wildman–Crippen LogP) is 10.5. The van der Waals surface area contributed by atoms with Gasteiger partial charge in [-0.15, -0.1) is 0 Å². The van der Waals surface area contributed by atoms with Gasteiger partial charge in [0, 0.05) is 50.3 Å². The molecular formula is C46H30BF2N3O. The number of furan rings is 1. The Labute approximate surface area is 304 Å². The standard InChI is InChI=1S/C46H30BF2N3O/c1-27-15-17-33(49)41(25-27)52-38-14-8-13-37-45(38)47(44-32-23-24-53-42(32)22-21-39(44)51(37)34-18-16-29(48)26-28(34)2)46-40(52)20-19-36-43(46)31-11-6-7-12-35(31)50(36)30-9-4-3-5-10-30/h3-26H,1-2H3. The molecule has 0 N–H and O–H groups in total. The maximum absolute atomic E-state index is 16.4. The van der Waals surface area contributed by atoms with E-state index in [9.17, 15) is 4.39 Å². The average Bonchev–Trinajstić information content (AvgIpc) is 3.80. The van der Waals surface area contributed by atoms with Crippen molar-refractivity contribution in [3.05, 3.63) is 169 Å². The minimum atomic E-state index is -0.302. The van der Waals surface area contributed by atoms with Crippen molar-refractivity contribution >= 4 is 90.0 Å². The van der Waals surface area contributed by atoms with Crippen LogP contribution in [0.5, 0.6) is 0 Å². The minimum absolute atomic E-state index is 0.257. The number of hydrogen-bond acceptors (Lipinski definition) is 3. The van der Waals surface area contributed by atoms with Crippen LogP contribution in [0.15, 0.2) is 150 Å². The highest BCUT2D eigenvalue weighted by atomic mass is 19.1. The van der Waals surface area contributed by atoms with Crippen LogP contribution < -0.4 is 26.2 Å². The number of rotatable bonds is 3. The largest absolute Gasteiger partial charge is 0.464 e. The Morgan fingerprint density at radius 3 is 2.08 bits per heavy atom. The van der Waals surface area contributed by atoms with Gasteiger partial charge in [-0.3, -0.25) is 0 Å². The molecule has 11 rings (SSSR count). The number of para-hydroxylation sites is 2.